The van der Waals surface area contributed by atoms with Gasteiger partial charge < -0.3 is 5.32 Å². The molecule has 68 valence electrons. The molecule has 3 nitrogen and oxygen atoms in total. The lowest BCUT2D eigenvalue weighted by atomic mass is 10.3. The number of benzene rings is 1. The van der Waals surface area contributed by atoms with E-state index in [1.165, 1.54) is 12.1 Å². The number of hydrogen-bond donors (Lipinski definition) is 1. The van der Waals surface area contributed by atoms with Gasteiger partial charge in [0, 0.05) is 5.02 Å². The zero-order valence-electron chi connectivity index (χ0n) is 6.38. The lowest BCUT2D eigenvalue weighted by molar-refractivity contribution is -0.127. The van der Waals surface area contributed by atoms with E-state index in [-0.39, 0.29) is 6.29 Å². The summed E-state index contributed by atoms with van der Waals surface area (Å²) in [4.78, 5) is 20.7. The lowest BCUT2D eigenvalue weighted by Crippen LogP contribution is -2.12. The summed E-state index contributed by atoms with van der Waals surface area (Å²) in [5, 5.41) is 3.05. The molecule has 1 N–H and O–H groups in total. The van der Waals surface area contributed by atoms with E-state index >= 15 is 0 Å². The second-order valence-corrected chi connectivity index (χ2v) is 3.07. The summed E-state index contributed by atoms with van der Waals surface area (Å²) in [6, 6.07) is 4.58. The van der Waals surface area contributed by atoms with Crippen LogP contribution in [0.2, 0.25) is 10.0 Å². The number of aldehydes is 1. The molecule has 0 saturated carbocycles. The van der Waals surface area contributed by atoms with Gasteiger partial charge in [0.15, 0.2) is 0 Å². The second kappa shape index (κ2) is 4.25. The molecule has 1 aromatic carbocycles. The number of rotatable bonds is 2. The molecule has 0 unspecified atom stereocenters. The molecule has 0 aromatic heterocycles. The Labute approximate surface area is 84.6 Å². The predicted octanol–water partition coefficient (Wildman–Crippen LogP) is 2.13. The average molecular weight is 218 g/mol. The summed E-state index contributed by atoms with van der Waals surface area (Å²) >= 11 is 11.4. The van der Waals surface area contributed by atoms with E-state index in [2.05, 4.69) is 5.32 Å². The molecular formula is C8H5Cl2NO2. The Morgan fingerprint density at radius 2 is 2.08 bits per heavy atom. The third kappa shape index (κ3) is 2.72. The maximum absolute atomic E-state index is 10.7. The van der Waals surface area contributed by atoms with Crippen molar-refractivity contribution in [1.82, 2.24) is 0 Å². The molecule has 0 bridgehead atoms. The Kier molecular flexibility index (Phi) is 3.28. The first kappa shape index (κ1) is 10.0. The van der Waals surface area contributed by atoms with Crippen molar-refractivity contribution in [3.05, 3.63) is 28.2 Å². The molecule has 0 aliphatic carbocycles. The Balaban J connectivity index is 2.93. The quantitative estimate of drug-likeness (QED) is 0.610. The van der Waals surface area contributed by atoms with E-state index in [0.717, 1.165) is 0 Å². The third-order valence-corrected chi connectivity index (χ3v) is 1.86. The van der Waals surface area contributed by atoms with Gasteiger partial charge in [-0.1, -0.05) is 23.2 Å². The molecule has 0 fully saturated rings. The van der Waals surface area contributed by atoms with Crippen LogP contribution >= 0.6 is 23.2 Å². The molecule has 0 radical (unpaired) electrons. The van der Waals surface area contributed by atoms with Gasteiger partial charge in [-0.2, -0.15) is 0 Å². The highest BCUT2D eigenvalue weighted by Gasteiger charge is 2.04. The molecule has 1 rings (SSSR count). The van der Waals surface area contributed by atoms with Gasteiger partial charge in [-0.15, -0.1) is 0 Å². The Bertz CT molecular complexity index is 352. The standard InChI is InChI=1S/C8H5Cl2NO2/c9-5-1-2-6(10)7(3-5)11-8(13)4-12/h1-4H,(H,11,13). The minimum Gasteiger partial charge on any atom is -0.318 e. The van der Waals surface area contributed by atoms with Crippen LogP contribution in [-0.2, 0) is 9.59 Å². The first-order valence-corrected chi connectivity index (χ1v) is 4.10. The monoisotopic (exact) mass is 217 g/mol. The van der Waals surface area contributed by atoms with Crippen LogP contribution in [0.3, 0.4) is 0 Å². The molecule has 0 atom stereocenters. The fraction of sp³-hybridized carbons (Fsp3) is 0. The van der Waals surface area contributed by atoms with Gasteiger partial charge in [0.2, 0.25) is 6.29 Å². The second-order valence-electron chi connectivity index (χ2n) is 2.23. The smallest absolute Gasteiger partial charge is 0.288 e. The molecular weight excluding hydrogens is 213 g/mol. The van der Waals surface area contributed by atoms with Gasteiger partial charge >= 0.3 is 0 Å². The maximum Gasteiger partial charge on any atom is 0.288 e. The van der Waals surface area contributed by atoms with Crippen molar-refractivity contribution in [2.45, 2.75) is 0 Å². The van der Waals surface area contributed by atoms with E-state index in [0.29, 0.717) is 15.7 Å². The number of carbonyl (C=O) groups excluding carboxylic acids is 2. The number of carbonyl (C=O) groups is 2. The topological polar surface area (TPSA) is 46.2 Å². The summed E-state index contributed by atoms with van der Waals surface area (Å²) in [6.45, 7) is 0. The summed E-state index contributed by atoms with van der Waals surface area (Å²) in [5.74, 6) is -0.760. The molecule has 1 aromatic rings. The van der Waals surface area contributed by atoms with Gasteiger partial charge in [-0.25, -0.2) is 0 Å². The number of nitrogens with one attached hydrogen (secondary N) is 1. The van der Waals surface area contributed by atoms with Crippen LogP contribution in [0.15, 0.2) is 18.2 Å². The van der Waals surface area contributed by atoms with Crippen molar-refractivity contribution in [2.75, 3.05) is 5.32 Å². The van der Waals surface area contributed by atoms with E-state index in [1.54, 1.807) is 6.07 Å². The van der Waals surface area contributed by atoms with Crippen molar-refractivity contribution >= 4 is 41.1 Å². The van der Waals surface area contributed by atoms with Crippen LogP contribution in [0.1, 0.15) is 0 Å². The molecule has 1 amide bonds. The fourth-order valence-corrected chi connectivity index (χ4v) is 1.09. The van der Waals surface area contributed by atoms with Crippen LogP contribution in [0, 0.1) is 0 Å². The van der Waals surface area contributed by atoms with Crippen LogP contribution in [0.5, 0.6) is 0 Å². The van der Waals surface area contributed by atoms with Crippen molar-refractivity contribution < 1.29 is 9.59 Å². The van der Waals surface area contributed by atoms with Crippen LogP contribution < -0.4 is 5.32 Å². The molecule has 0 spiro atoms. The minimum atomic E-state index is -0.760. The number of amides is 1. The predicted molar refractivity (Wildman–Crippen MR) is 51.2 cm³/mol. The first-order valence-electron chi connectivity index (χ1n) is 3.34. The van der Waals surface area contributed by atoms with Gasteiger partial charge in [-0.05, 0) is 18.2 Å². The van der Waals surface area contributed by atoms with Gasteiger partial charge in [0.1, 0.15) is 0 Å². The normalized spacial score (nSPS) is 9.38. The zero-order chi connectivity index (χ0) is 9.84. The Morgan fingerprint density at radius 3 is 2.69 bits per heavy atom. The molecule has 0 saturated heterocycles. The molecule has 0 aliphatic rings. The van der Waals surface area contributed by atoms with Crippen molar-refractivity contribution in [2.24, 2.45) is 0 Å². The summed E-state index contributed by atoms with van der Waals surface area (Å²) in [7, 11) is 0. The van der Waals surface area contributed by atoms with Crippen molar-refractivity contribution in [1.29, 1.82) is 0 Å². The first-order chi connectivity index (χ1) is 6.13. The van der Waals surface area contributed by atoms with Gasteiger partial charge in [0.25, 0.3) is 5.91 Å². The molecule has 0 aliphatic heterocycles. The van der Waals surface area contributed by atoms with E-state index in [9.17, 15) is 9.59 Å². The average Bonchev–Trinajstić information content (AvgIpc) is 2.11. The van der Waals surface area contributed by atoms with Gasteiger partial charge in [0.05, 0.1) is 10.7 Å². The fourth-order valence-electron chi connectivity index (χ4n) is 0.755. The summed E-state index contributed by atoms with van der Waals surface area (Å²) < 4.78 is 0. The van der Waals surface area contributed by atoms with Gasteiger partial charge in [-0.3, -0.25) is 9.59 Å². The molecule has 5 heteroatoms. The minimum absolute atomic E-state index is 0.164. The Morgan fingerprint density at radius 1 is 1.38 bits per heavy atom. The van der Waals surface area contributed by atoms with E-state index in [4.69, 9.17) is 23.2 Å². The largest absolute Gasteiger partial charge is 0.318 e. The highest BCUT2D eigenvalue weighted by atomic mass is 35.5. The number of anilines is 1. The Hall–Kier alpha value is -1.06. The SMILES string of the molecule is O=CC(=O)Nc1cc(Cl)ccc1Cl. The summed E-state index contributed by atoms with van der Waals surface area (Å²) in [6.07, 6.45) is 0.164. The van der Waals surface area contributed by atoms with Crippen molar-refractivity contribution in [3.8, 4) is 0 Å². The maximum atomic E-state index is 10.7. The lowest BCUT2D eigenvalue weighted by Gasteiger charge is -2.03. The van der Waals surface area contributed by atoms with Crippen LogP contribution in [0.25, 0.3) is 0 Å². The van der Waals surface area contributed by atoms with E-state index < -0.39 is 5.91 Å². The van der Waals surface area contributed by atoms with Crippen molar-refractivity contribution in [3.63, 3.8) is 0 Å². The number of hydrogen-bond acceptors (Lipinski definition) is 2. The highest BCUT2D eigenvalue weighted by Crippen LogP contribution is 2.24. The van der Waals surface area contributed by atoms with Crippen LogP contribution in [-0.4, -0.2) is 12.2 Å². The highest BCUT2D eigenvalue weighted by molar-refractivity contribution is 6.37. The van der Waals surface area contributed by atoms with E-state index in [1.807, 2.05) is 0 Å². The molecule has 13 heavy (non-hydrogen) atoms. The van der Waals surface area contributed by atoms with Crippen LogP contribution in [0.4, 0.5) is 5.69 Å². The summed E-state index contributed by atoms with van der Waals surface area (Å²) in [5.41, 5.74) is 0.325. The molecule has 0 heterocycles. The number of halogens is 2. The third-order valence-electron chi connectivity index (χ3n) is 1.29. The zero-order valence-corrected chi connectivity index (χ0v) is 7.89.